The third kappa shape index (κ3) is 6.72. The summed E-state index contributed by atoms with van der Waals surface area (Å²) in [4.78, 5) is 44.6. The highest BCUT2D eigenvalue weighted by Crippen LogP contribution is 2.77. The maximum atomic E-state index is 15.1. The summed E-state index contributed by atoms with van der Waals surface area (Å²) in [7, 11) is 0. The van der Waals surface area contributed by atoms with Gasteiger partial charge in [0, 0.05) is 38.1 Å². The first-order valence-corrected chi connectivity index (χ1v) is 21.9. The number of carboxylic acid groups (broad SMARTS) is 1. The van der Waals surface area contributed by atoms with Gasteiger partial charge < -0.3 is 14.7 Å². The molecule has 6 fully saturated rings. The number of ether oxygens (including phenoxy) is 1. The number of aliphatic carboxylic acids is 1. The van der Waals surface area contributed by atoms with Crippen molar-refractivity contribution >= 4 is 17.8 Å². The van der Waals surface area contributed by atoms with Gasteiger partial charge in [0.05, 0.1) is 18.3 Å². The molecule has 10 atom stereocenters. The van der Waals surface area contributed by atoms with E-state index in [1.807, 2.05) is 13.8 Å². The fourth-order valence-corrected chi connectivity index (χ4v) is 15.0. The maximum absolute atomic E-state index is 15.1. The maximum Gasteiger partial charge on any atom is 0.306 e. The number of fused-ring (bicyclic) bond motifs is 7. The molecule has 7 nitrogen and oxygen atoms in total. The number of hydrogen-bond acceptors (Lipinski definition) is 5. The van der Waals surface area contributed by atoms with Gasteiger partial charge in [0.2, 0.25) is 5.91 Å². The van der Waals surface area contributed by atoms with Gasteiger partial charge in [-0.25, -0.2) is 0 Å². The molecule has 5 saturated carbocycles. The second kappa shape index (κ2) is 14.3. The van der Waals surface area contributed by atoms with E-state index in [2.05, 4.69) is 88.3 Å². The fraction of sp³-hybridized carbons (Fsp3) is 0.771. The molecule has 1 aromatic carbocycles. The highest BCUT2D eigenvalue weighted by molar-refractivity contribution is 5.84. The van der Waals surface area contributed by atoms with Gasteiger partial charge in [-0.2, -0.15) is 0 Å². The monoisotopic (exact) mass is 757 g/mol. The van der Waals surface area contributed by atoms with E-state index < -0.39 is 11.4 Å². The van der Waals surface area contributed by atoms with Gasteiger partial charge in [-0.15, -0.1) is 0 Å². The van der Waals surface area contributed by atoms with Crippen molar-refractivity contribution in [2.75, 3.05) is 26.2 Å². The van der Waals surface area contributed by atoms with Gasteiger partial charge in [0.1, 0.15) is 6.10 Å². The number of allylic oxidation sites excluding steroid dienone is 1. The first kappa shape index (κ1) is 40.5. The van der Waals surface area contributed by atoms with Gasteiger partial charge in [-0.1, -0.05) is 91.0 Å². The van der Waals surface area contributed by atoms with Gasteiger partial charge >= 0.3 is 11.9 Å². The van der Waals surface area contributed by atoms with Crippen molar-refractivity contribution in [1.82, 2.24) is 9.80 Å². The van der Waals surface area contributed by atoms with Crippen LogP contribution >= 0.6 is 0 Å². The number of hydrogen-bond donors (Lipinski definition) is 1. The van der Waals surface area contributed by atoms with Crippen molar-refractivity contribution in [3.05, 3.63) is 48.0 Å². The van der Waals surface area contributed by atoms with Crippen LogP contribution in [-0.2, 0) is 25.7 Å². The van der Waals surface area contributed by atoms with Crippen LogP contribution in [0.1, 0.15) is 138 Å². The number of rotatable bonds is 9. The molecule has 0 spiro atoms. The molecule has 4 unspecified atom stereocenters. The second-order valence-electron chi connectivity index (χ2n) is 21.6. The summed E-state index contributed by atoms with van der Waals surface area (Å²) >= 11 is 0. The van der Waals surface area contributed by atoms with Crippen LogP contribution in [0.5, 0.6) is 0 Å². The number of carboxylic acids is 1. The number of esters is 1. The van der Waals surface area contributed by atoms with Crippen LogP contribution in [0.15, 0.2) is 42.5 Å². The molecule has 7 heteroatoms. The highest BCUT2D eigenvalue weighted by Gasteiger charge is 2.72. The van der Waals surface area contributed by atoms with Crippen molar-refractivity contribution in [3.8, 4) is 0 Å². The average Bonchev–Trinajstić information content (AvgIpc) is 3.51. The predicted molar refractivity (Wildman–Crippen MR) is 218 cm³/mol. The number of amides is 1. The summed E-state index contributed by atoms with van der Waals surface area (Å²) < 4.78 is 6.30. The topological polar surface area (TPSA) is 87.2 Å². The summed E-state index contributed by atoms with van der Waals surface area (Å²) in [6, 6.07) is 10.7. The first-order valence-electron chi connectivity index (χ1n) is 21.9. The zero-order chi connectivity index (χ0) is 39.8. The molecule has 1 N–H and O–H groups in total. The van der Waals surface area contributed by atoms with Gasteiger partial charge in [-0.05, 0) is 128 Å². The van der Waals surface area contributed by atoms with E-state index in [0.29, 0.717) is 35.5 Å². The molecule has 55 heavy (non-hydrogen) atoms. The molecule has 1 heterocycles. The number of carbonyl (C=O) groups excluding carboxylic acids is 2. The lowest BCUT2D eigenvalue weighted by Gasteiger charge is -2.73. The van der Waals surface area contributed by atoms with Crippen molar-refractivity contribution < 1.29 is 24.2 Å². The third-order valence-electron chi connectivity index (χ3n) is 17.9. The van der Waals surface area contributed by atoms with E-state index >= 15 is 4.79 Å². The molecule has 1 amide bonds. The molecule has 0 radical (unpaired) electrons. The number of piperazine rings is 1. The van der Waals surface area contributed by atoms with Crippen LogP contribution < -0.4 is 0 Å². The summed E-state index contributed by atoms with van der Waals surface area (Å²) in [5.41, 5.74) is 1.99. The second-order valence-corrected chi connectivity index (χ2v) is 21.6. The Morgan fingerprint density at radius 2 is 1.51 bits per heavy atom. The number of nitrogens with zero attached hydrogens (tertiary/aromatic N) is 2. The summed E-state index contributed by atoms with van der Waals surface area (Å²) in [6.45, 7) is 27.5. The van der Waals surface area contributed by atoms with Crippen LogP contribution in [0.4, 0.5) is 0 Å². The quantitative estimate of drug-likeness (QED) is 0.200. The Balaban J connectivity index is 1.09. The Labute approximate surface area is 332 Å². The van der Waals surface area contributed by atoms with E-state index in [1.54, 1.807) is 0 Å². The first-order chi connectivity index (χ1) is 25.8. The standard InChI is InChI=1S/C48H72N2O5/c1-32(2)34-17-22-48(42(54)50-27-25-49(26-28-50)31-33-13-11-10-12-14-33)24-23-46(8)35(41(34)48)15-16-37-45(7)20-19-38(44(5,6)36(45)18-21-47(37,46)9)55-40(53)30-43(3,4)29-39(51)52/h10-14,34-38,41H,1,15-31H2,2-9H3,(H,51,52)/t34-,35?,36-,37+,38?,41+,45?,46+,47+,48?/m0/s1. The van der Waals surface area contributed by atoms with Crippen molar-refractivity contribution in [1.29, 1.82) is 0 Å². The minimum absolute atomic E-state index is 0.0493. The Morgan fingerprint density at radius 3 is 2.16 bits per heavy atom. The van der Waals surface area contributed by atoms with Crippen LogP contribution in [0.3, 0.4) is 0 Å². The van der Waals surface area contributed by atoms with E-state index in [-0.39, 0.29) is 52.0 Å². The molecule has 0 bridgehead atoms. The molecule has 5 aliphatic carbocycles. The minimum Gasteiger partial charge on any atom is -0.481 e. The molecule has 1 aliphatic heterocycles. The normalized spacial score (nSPS) is 39.9. The molecular weight excluding hydrogens is 685 g/mol. The fourth-order valence-electron chi connectivity index (χ4n) is 15.0. The summed E-state index contributed by atoms with van der Waals surface area (Å²) in [6.07, 6.45) is 10.7. The molecule has 1 saturated heterocycles. The van der Waals surface area contributed by atoms with E-state index in [1.165, 1.54) is 30.4 Å². The molecule has 0 aromatic heterocycles. The summed E-state index contributed by atoms with van der Waals surface area (Å²) in [5.74, 6) is 1.60. The predicted octanol–water partition coefficient (Wildman–Crippen LogP) is 9.79. The number of benzene rings is 1. The molecule has 6 aliphatic rings. The summed E-state index contributed by atoms with van der Waals surface area (Å²) in [5, 5.41) is 9.38. The van der Waals surface area contributed by atoms with Crippen molar-refractivity contribution in [2.24, 2.45) is 62.1 Å². The van der Waals surface area contributed by atoms with Crippen LogP contribution in [0.25, 0.3) is 0 Å². The lowest BCUT2D eigenvalue weighted by Crippen LogP contribution is -2.67. The minimum atomic E-state index is -0.883. The lowest BCUT2D eigenvalue weighted by molar-refractivity contribution is -0.250. The van der Waals surface area contributed by atoms with Crippen LogP contribution in [-0.4, -0.2) is 65.0 Å². The van der Waals surface area contributed by atoms with E-state index in [9.17, 15) is 14.7 Å². The zero-order valence-corrected chi connectivity index (χ0v) is 35.6. The van der Waals surface area contributed by atoms with Crippen LogP contribution in [0.2, 0.25) is 0 Å². The van der Waals surface area contributed by atoms with Crippen molar-refractivity contribution in [2.45, 2.75) is 145 Å². The van der Waals surface area contributed by atoms with E-state index in [4.69, 9.17) is 4.74 Å². The smallest absolute Gasteiger partial charge is 0.306 e. The van der Waals surface area contributed by atoms with Gasteiger partial charge in [-0.3, -0.25) is 19.3 Å². The van der Waals surface area contributed by atoms with E-state index in [0.717, 1.165) is 77.7 Å². The molecule has 7 rings (SSSR count). The Hall–Kier alpha value is -2.67. The molecular formula is C48H72N2O5. The molecule has 304 valence electrons. The average molecular weight is 757 g/mol. The largest absolute Gasteiger partial charge is 0.481 e. The SMILES string of the molecule is C=C(C)[C@@H]1CCC2(C(=O)N3CCN(Cc4ccccc4)CC3)CC[C@]3(C)C(CC[C@@H]4C5(C)CCC(OC(=O)CC(C)(C)CC(=O)O)C(C)(C)[C@@H]5CC[C@]43C)[C@@H]12. The van der Waals surface area contributed by atoms with Crippen molar-refractivity contribution in [3.63, 3.8) is 0 Å². The van der Waals surface area contributed by atoms with Gasteiger partial charge in [0.25, 0.3) is 0 Å². The highest BCUT2D eigenvalue weighted by atomic mass is 16.5. The van der Waals surface area contributed by atoms with Gasteiger partial charge in [0.15, 0.2) is 0 Å². The van der Waals surface area contributed by atoms with Crippen LogP contribution in [0, 0.1) is 62.1 Å². The molecule has 1 aromatic rings. The zero-order valence-electron chi connectivity index (χ0n) is 35.6. The Morgan fingerprint density at radius 1 is 0.818 bits per heavy atom. The number of carbonyl (C=O) groups is 3. The Kier molecular flexibility index (Phi) is 10.5. The Bertz CT molecular complexity index is 1650. The lowest BCUT2D eigenvalue weighted by atomic mass is 9.32. The third-order valence-corrected chi connectivity index (χ3v) is 17.9.